The number of hydrogen-bond donors (Lipinski definition) is 2. The lowest BCUT2D eigenvalue weighted by Crippen LogP contribution is -2.29. The number of amides is 1. The van der Waals surface area contributed by atoms with Crippen molar-refractivity contribution in [1.82, 2.24) is 5.43 Å². The van der Waals surface area contributed by atoms with Crippen LogP contribution in [0.5, 0.6) is 5.75 Å². The van der Waals surface area contributed by atoms with Crippen molar-refractivity contribution >= 4 is 29.1 Å². The maximum atomic E-state index is 12.3. The molecule has 0 saturated carbocycles. The molecule has 0 saturated heterocycles. The van der Waals surface area contributed by atoms with Crippen LogP contribution in [-0.2, 0) is 10.5 Å². The van der Waals surface area contributed by atoms with Crippen LogP contribution < -0.4 is 15.5 Å². The van der Waals surface area contributed by atoms with Crippen molar-refractivity contribution in [2.24, 2.45) is 11.0 Å². The number of rotatable bonds is 8. The fourth-order valence-corrected chi connectivity index (χ4v) is 5.82. The fourth-order valence-electron chi connectivity index (χ4n) is 5.04. The highest BCUT2D eigenvalue weighted by Gasteiger charge is 2.38. The molecule has 1 aliphatic carbocycles. The van der Waals surface area contributed by atoms with Crippen LogP contribution in [0.4, 0.5) is 5.69 Å². The molecule has 6 heteroatoms. The van der Waals surface area contributed by atoms with E-state index in [0.717, 1.165) is 34.9 Å². The van der Waals surface area contributed by atoms with Gasteiger partial charge >= 0.3 is 0 Å². The maximum Gasteiger partial charge on any atom is 0.250 e. The molecule has 2 aliphatic rings. The molecule has 0 unspecified atom stereocenters. The van der Waals surface area contributed by atoms with Gasteiger partial charge in [-0.3, -0.25) is 4.79 Å². The van der Waals surface area contributed by atoms with Crippen molar-refractivity contribution < 1.29 is 9.53 Å². The first kappa shape index (κ1) is 24.2. The number of carbonyl (C=O) groups is 1. The predicted molar refractivity (Wildman–Crippen MR) is 149 cm³/mol. The second kappa shape index (κ2) is 11.0. The lowest BCUT2D eigenvalue weighted by atomic mass is 9.76. The van der Waals surface area contributed by atoms with E-state index in [4.69, 9.17) is 4.74 Å². The molecule has 0 fully saturated rings. The van der Waals surface area contributed by atoms with Crippen LogP contribution in [-0.4, -0.2) is 24.5 Å². The van der Waals surface area contributed by atoms with Crippen molar-refractivity contribution in [2.75, 3.05) is 18.2 Å². The van der Waals surface area contributed by atoms with Gasteiger partial charge in [0.15, 0.2) is 0 Å². The normalized spacial score (nSPS) is 20.3. The predicted octanol–water partition coefficient (Wildman–Crippen LogP) is 6.30. The third-order valence-corrected chi connectivity index (χ3v) is 7.95. The van der Waals surface area contributed by atoms with E-state index < -0.39 is 0 Å². The number of nitrogens with zero attached hydrogens (tertiary/aromatic N) is 1. The third-order valence-electron chi connectivity index (χ3n) is 6.95. The van der Waals surface area contributed by atoms with Crippen molar-refractivity contribution in [2.45, 2.75) is 31.1 Å². The van der Waals surface area contributed by atoms with Crippen molar-refractivity contribution in [1.29, 1.82) is 0 Å². The van der Waals surface area contributed by atoms with Gasteiger partial charge in [-0.05, 0) is 65.8 Å². The van der Waals surface area contributed by atoms with Gasteiger partial charge in [0.25, 0.3) is 0 Å². The summed E-state index contributed by atoms with van der Waals surface area (Å²) in [5.41, 5.74) is 9.47. The summed E-state index contributed by atoms with van der Waals surface area (Å²) in [6.07, 6.45) is 5.67. The molecular weight excluding hydrogens is 466 g/mol. The molecule has 2 N–H and O–H groups in total. The number of ether oxygens (including phenoxy) is 1. The Balaban J connectivity index is 1.25. The molecule has 184 valence electrons. The molecular formula is C30H31N3O2S. The number of hydrogen-bond acceptors (Lipinski definition) is 5. The second-order valence-electron chi connectivity index (χ2n) is 9.26. The van der Waals surface area contributed by atoms with E-state index in [-0.39, 0.29) is 11.9 Å². The Hall–Kier alpha value is -3.51. The number of nitrogens with one attached hydrogen (secondary N) is 2. The van der Waals surface area contributed by atoms with Crippen LogP contribution in [0, 0.1) is 5.92 Å². The average Bonchev–Trinajstić information content (AvgIpc) is 3.42. The number of benzene rings is 3. The molecule has 0 bridgehead atoms. The smallest absolute Gasteiger partial charge is 0.250 e. The zero-order valence-electron chi connectivity index (χ0n) is 20.6. The van der Waals surface area contributed by atoms with Crippen molar-refractivity contribution in [3.63, 3.8) is 0 Å². The minimum atomic E-state index is -0.0870. The van der Waals surface area contributed by atoms with E-state index in [0.29, 0.717) is 17.6 Å². The van der Waals surface area contributed by atoms with Gasteiger partial charge in [0.1, 0.15) is 5.75 Å². The molecule has 5 rings (SSSR count). The summed E-state index contributed by atoms with van der Waals surface area (Å²) in [5.74, 6) is 2.78. The SMILES string of the molecule is COc1ccc([C@@H]2Nc3ccc(/C(C)=N\NC(=O)CSCc4ccccc4)cc3[C@@H]3C=CC[C@@H]32)cc1. The van der Waals surface area contributed by atoms with Crippen molar-refractivity contribution in [3.05, 3.63) is 107 Å². The molecule has 1 amide bonds. The van der Waals surface area contributed by atoms with E-state index in [1.807, 2.05) is 37.3 Å². The van der Waals surface area contributed by atoms with E-state index in [1.54, 1.807) is 18.9 Å². The first-order valence-corrected chi connectivity index (χ1v) is 13.4. The van der Waals surface area contributed by atoms with Gasteiger partial charge in [-0.25, -0.2) is 5.43 Å². The van der Waals surface area contributed by atoms with Gasteiger partial charge in [-0.1, -0.05) is 60.7 Å². The Morgan fingerprint density at radius 3 is 2.69 bits per heavy atom. The minimum absolute atomic E-state index is 0.0870. The zero-order chi connectivity index (χ0) is 24.9. The Bertz CT molecular complexity index is 1270. The summed E-state index contributed by atoms with van der Waals surface area (Å²) in [7, 11) is 1.69. The third kappa shape index (κ3) is 5.34. The molecule has 0 radical (unpaired) electrons. The standard InChI is InChI=1S/C30H31N3O2S/c1-20(32-33-29(34)19-36-18-21-7-4-3-5-8-21)23-13-16-28-27(17-23)25-9-6-10-26(25)30(31-28)22-11-14-24(35-2)15-12-22/h3-9,11-17,25-26,30-31H,10,18-19H2,1-2H3,(H,33,34)/b32-20-/t25-,26+,30+/m1/s1. The van der Waals surface area contributed by atoms with E-state index >= 15 is 0 Å². The van der Waals surface area contributed by atoms with E-state index in [2.05, 4.69) is 70.5 Å². The van der Waals surface area contributed by atoms with Gasteiger partial charge in [-0.15, -0.1) is 11.8 Å². The molecule has 5 nitrogen and oxygen atoms in total. The molecule has 36 heavy (non-hydrogen) atoms. The van der Waals surface area contributed by atoms with Gasteiger partial charge in [0, 0.05) is 17.4 Å². The summed E-state index contributed by atoms with van der Waals surface area (Å²) in [4.78, 5) is 12.3. The minimum Gasteiger partial charge on any atom is -0.497 e. The van der Waals surface area contributed by atoms with E-state index in [1.165, 1.54) is 16.7 Å². The molecule has 3 atom stereocenters. The molecule has 1 aliphatic heterocycles. The molecule has 1 heterocycles. The highest BCUT2D eigenvalue weighted by Crippen LogP contribution is 2.50. The van der Waals surface area contributed by atoms with Gasteiger partial charge in [0.2, 0.25) is 5.91 Å². The fraction of sp³-hybridized carbons (Fsp3) is 0.267. The van der Waals surface area contributed by atoms with Gasteiger partial charge < -0.3 is 10.1 Å². The van der Waals surface area contributed by atoms with Gasteiger partial charge in [-0.2, -0.15) is 5.10 Å². The first-order chi connectivity index (χ1) is 17.6. The van der Waals surface area contributed by atoms with E-state index in [9.17, 15) is 4.79 Å². The molecule has 0 spiro atoms. The van der Waals surface area contributed by atoms with Crippen LogP contribution in [0.15, 0.2) is 90.0 Å². The molecule has 3 aromatic carbocycles. The topological polar surface area (TPSA) is 62.7 Å². The van der Waals surface area contributed by atoms with Gasteiger partial charge in [0.05, 0.1) is 24.6 Å². The van der Waals surface area contributed by atoms with Crippen molar-refractivity contribution in [3.8, 4) is 5.75 Å². The van der Waals surface area contributed by atoms with Crippen LogP contribution in [0.25, 0.3) is 0 Å². The maximum absolute atomic E-state index is 12.3. The molecule has 0 aromatic heterocycles. The Morgan fingerprint density at radius 2 is 1.92 bits per heavy atom. The Kier molecular flexibility index (Phi) is 7.42. The highest BCUT2D eigenvalue weighted by molar-refractivity contribution is 7.99. The number of thioether (sulfide) groups is 1. The Labute approximate surface area is 217 Å². The monoisotopic (exact) mass is 497 g/mol. The van der Waals surface area contributed by atoms with Crippen LogP contribution in [0.3, 0.4) is 0 Å². The Morgan fingerprint density at radius 1 is 1.11 bits per heavy atom. The number of methoxy groups -OCH3 is 1. The number of carbonyl (C=O) groups excluding carboxylic acids is 1. The van der Waals surface area contributed by atoms with Crippen LogP contribution >= 0.6 is 11.8 Å². The number of fused-ring (bicyclic) bond motifs is 3. The quantitative estimate of drug-likeness (QED) is 0.218. The van der Waals surface area contributed by atoms with Crippen LogP contribution in [0.2, 0.25) is 0 Å². The summed E-state index contributed by atoms with van der Waals surface area (Å²) in [5, 5.41) is 8.17. The number of hydrazone groups is 1. The lowest BCUT2D eigenvalue weighted by molar-refractivity contribution is -0.118. The number of anilines is 1. The largest absolute Gasteiger partial charge is 0.497 e. The lowest BCUT2D eigenvalue weighted by Gasteiger charge is -2.37. The first-order valence-electron chi connectivity index (χ1n) is 12.3. The summed E-state index contributed by atoms with van der Waals surface area (Å²) in [6.45, 7) is 1.94. The van der Waals surface area contributed by atoms with Crippen LogP contribution in [0.1, 0.15) is 47.6 Å². The summed E-state index contributed by atoms with van der Waals surface area (Å²) >= 11 is 1.59. The second-order valence-corrected chi connectivity index (χ2v) is 10.2. The zero-order valence-corrected chi connectivity index (χ0v) is 21.4. The number of allylic oxidation sites excluding steroid dienone is 2. The molecule has 3 aromatic rings. The highest BCUT2D eigenvalue weighted by atomic mass is 32.2. The average molecular weight is 498 g/mol. The summed E-state index contributed by atoms with van der Waals surface area (Å²) < 4.78 is 5.34. The summed E-state index contributed by atoms with van der Waals surface area (Å²) in [6, 6.07) is 25.2.